The van der Waals surface area contributed by atoms with Crippen LogP contribution in [0.4, 0.5) is 16.3 Å². The number of nitrogens with one attached hydrogen (secondary N) is 4. The third kappa shape index (κ3) is 9.44. The molecule has 0 bridgehead atoms. The number of rotatable bonds is 10. The molecule has 1 aromatic heterocycles. The Balaban J connectivity index is 1.92. The van der Waals surface area contributed by atoms with E-state index in [-0.39, 0.29) is 29.1 Å². The molecule has 0 saturated carbocycles. The van der Waals surface area contributed by atoms with Crippen LogP contribution in [0.1, 0.15) is 27.7 Å². The van der Waals surface area contributed by atoms with Gasteiger partial charge in [0.1, 0.15) is 11.6 Å². The van der Waals surface area contributed by atoms with Crippen LogP contribution in [0, 0.1) is 0 Å². The molecule has 2 rings (SSSR count). The molecule has 0 saturated heterocycles. The number of hydrogen-bond donors (Lipinski definition) is 4. The molecule has 0 spiro atoms. The van der Waals surface area contributed by atoms with Crippen LogP contribution in [0.3, 0.4) is 0 Å². The highest BCUT2D eigenvalue weighted by molar-refractivity contribution is 7.92. The Morgan fingerprint density at radius 3 is 2.24 bits per heavy atom. The van der Waals surface area contributed by atoms with Gasteiger partial charge in [0, 0.05) is 11.8 Å². The van der Waals surface area contributed by atoms with Crippen LogP contribution >= 0.6 is 0 Å². The SMILES string of the molecule is COc1cc(NS(=O)(=O)c2ccc(NC(=O)CNC(=O)[C@H](C)NC(=O)OC(C)(C)C)cc2)nc(OC)n1. The van der Waals surface area contributed by atoms with E-state index in [0.29, 0.717) is 5.69 Å². The molecular formula is C22H30N6O8S. The van der Waals surface area contributed by atoms with Crippen LogP contribution in [-0.4, -0.2) is 68.7 Å². The number of benzene rings is 1. The Morgan fingerprint density at radius 1 is 1.03 bits per heavy atom. The Bertz CT molecular complexity index is 1210. The van der Waals surface area contributed by atoms with Gasteiger partial charge in [-0.05, 0) is 52.0 Å². The van der Waals surface area contributed by atoms with Crippen LogP contribution in [0.5, 0.6) is 11.9 Å². The quantitative estimate of drug-likeness (QED) is 0.343. The van der Waals surface area contributed by atoms with Crippen molar-refractivity contribution in [3.8, 4) is 11.9 Å². The molecule has 15 heteroatoms. The predicted molar refractivity (Wildman–Crippen MR) is 133 cm³/mol. The van der Waals surface area contributed by atoms with Gasteiger partial charge in [0.2, 0.25) is 17.7 Å². The van der Waals surface area contributed by atoms with E-state index in [1.807, 2.05) is 0 Å². The minimum absolute atomic E-state index is 0.0628. The number of ether oxygens (including phenoxy) is 3. The number of carbonyl (C=O) groups excluding carboxylic acids is 3. The van der Waals surface area contributed by atoms with E-state index < -0.39 is 39.6 Å². The van der Waals surface area contributed by atoms with Gasteiger partial charge in [0.05, 0.1) is 25.7 Å². The topological polar surface area (TPSA) is 187 Å². The van der Waals surface area contributed by atoms with Gasteiger partial charge in [-0.25, -0.2) is 13.2 Å². The van der Waals surface area contributed by atoms with Gasteiger partial charge < -0.3 is 30.2 Å². The summed E-state index contributed by atoms with van der Waals surface area (Å²) in [5.74, 6) is -1.12. The van der Waals surface area contributed by atoms with Gasteiger partial charge in [0.25, 0.3) is 10.0 Å². The van der Waals surface area contributed by atoms with Crippen LogP contribution in [0.25, 0.3) is 0 Å². The summed E-state index contributed by atoms with van der Waals surface area (Å²) < 4.78 is 42.7. The fraction of sp³-hybridized carbons (Fsp3) is 0.409. The van der Waals surface area contributed by atoms with E-state index in [1.165, 1.54) is 51.5 Å². The summed E-state index contributed by atoms with van der Waals surface area (Å²) in [5.41, 5.74) is -0.425. The van der Waals surface area contributed by atoms with Crippen molar-refractivity contribution in [2.45, 2.75) is 44.2 Å². The second-order valence-corrected chi connectivity index (χ2v) is 10.2. The smallest absolute Gasteiger partial charge is 0.408 e. The zero-order valence-electron chi connectivity index (χ0n) is 21.2. The summed E-state index contributed by atoms with van der Waals surface area (Å²) in [7, 11) is -1.34. The molecular weight excluding hydrogens is 508 g/mol. The fourth-order valence-electron chi connectivity index (χ4n) is 2.64. The average molecular weight is 539 g/mol. The Kier molecular flexibility index (Phi) is 9.60. The van der Waals surface area contributed by atoms with Crippen molar-refractivity contribution in [3.63, 3.8) is 0 Å². The van der Waals surface area contributed by atoms with Gasteiger partial charge in [0.15, 0.2) is 5.82 Å². The number of hydrogen-bond acceptors (Lipinski definition) is 10. The first-order valence-corrected chi connectivity index (χ1v) is 12.4. The van der Waals surface area contributed by atoms with Gasteiger partial charge >= 0.3 is 12.1 Å². The number of anilines is 2. The number of aromatic nitrogens is 2. The van der Waals surface area contributed by atoms with Crippen molar-refractivity contribution < 1.29 is 37.0 Å². The number of sulfonamides is 1. The lowest BCUT2D eigenvalue weighted by Crippen LogP contribution is -2.47. The van der Waals surface area contributed by atoms with Gasteiger partial charge in [-0.15, -0.1) is 0 Å². The summed E-state index contributed by atoms with van der Waals surface area (Å²) in [6, 6.07) is 5.57. The Hall–Kier alpha value is -4.14. The average Bonchev–Trinajstić information content (AvgIpc) is 2.80. The van der Waals surface area contributed by atoms with Crippen molar-refractivity contribution in [2.75, 3.05) is 30.8 Å². The Labute approximate surface area is 214 Å². The lowest BCUT2D eigenvalue weighted by Gasteiger charge is -2.21. The highest BCUT2D eigenvalue weighted by Crippen LogP contribution is 2.21. The van der Waals surface area contributed by atoms with Crippen molar-refractivity contribution in [3.05, 3.63) is 30.3 Å². The maximum Gasteiger partial charge on any atom is 0.408 e. The van der Waals surface area contributed by atoms with E-state index in [0.717, 1.165) is 0 Å². The van der Waals surface area contributed by atoms with E-state index in [9.17, 15) is 22.8 Å². The number of alkyl carbamates (subject to hydrolysis) is 1. The maximum absolute atomic E-state index is 12.7. The molecule has 0 unspecified atom stereocenters. The third-order valence-electron chi connectivity index (χ3n) is 4.31. The highest BCUT2D eigenvalue weighted by atomic mass is 32.2. The van der Waals surface area contributed by atoms with Crippen molar-refractivity contribution in [1.29, 1.82) is 0 Å². The van der Waals surface area contributed by atoms with Gasteiger partial charge in [-0.1, -0.05) is 0 Å². The van der Waals surface area contributed by atoms with E-state index in [2.05, 4.69) is 30.6 Å². The number of amides is 3. The standard InChI is InChI=1S/C22H30N6O8S/c1-13(24-21(31)36-22(2,3)4)19(30)23-12-17(29)25-14-7-9-15(10-8-14)37(32,33)28-16-11-18(34-5)27-20(26-16)35-6/h7-11,13H,12H2,1-6H3,(H,23,30)(H,24,31)(H,25,29)(H,26,27,28)/t13-/m0/s1. The first kappa shape index (κ1) is 29.1. The molecule has 202 valence electrons. The minimum Gasteiger partial charge on any atom is -0.481 e. The lowest BCUT2D eigenvalue weighted by molar-refractivity contribution is -0.125. The lowest BCUT2D eigenvalue weighted by atomic mass is 10.2. The predicted octanol–water partition coefficient (Wildman–Crippen LogP) is 1.26. The molecule has 14 nitrogen and oxygen atoms in total. The molecule has 1 heterocycles. The van der Waals surface area contributed by atoms with Crippen LogP contribution in [0.2, 0.25) is 0 Å². The molecule has 1 atom stereocenters. The Morgan fingerprint density at radius 2 is 1.68 bits per heavy atom. The molecule has 0 radical (unpaired) electrons. The molecule has 0 aliphatic heterocycles. The molecule has 37 heavy (non-hydrogen) atoms. The maximum atomic E-state index is 12.7. The van der Waals surface area contributed by atoms with E-state index in [1.54, 1.807) is 20.8 Å². The zero-order valence-corrected chi connectivity index (χ0v) is 22.1. The number of nitrogens with zero attached hydrogens (tertiary/aromatic N) is 2. The normalized spacial score (nSPS) is 12.1. The molecule has 3 amide bonds. The summed E-state index contributed by atoms with van der Waals surface area (Å²) in [6.45, 7) is 6.13. The molecule has 0 aliphatic rings. The first-order valence-electron chi connectivity index (χ1n) is 10.9. The summed E-state index contributed by atoms with van der Waals surface area (Å²) in [4.78, 5) is 43.8. The summed E-state index contributed by atoms with van der Waals surface area (Å²) >= 11 is 0. The summed E-state index contributed by atoms with van der Waals surface area (Å²) in [6.07, 6.45) is -0.762. The number of carbonyl (C=O) groups is 3. The van der Waals surface area contributed by atoms with Crippen LogP contribution < -0.4 is 30.1 Å². The van der Waals surface area contributed by atoms with Crippen LogP contribution in [-0.2, 0) is 24.3 Å². The zero-order chi connectivity index (χ0) is 27.8. The van der Waals surface area contributed by atoms with Crippen molar-refractivity contribution >= 4 is 39.4 Å². The second kappa shape index (κ2) is 12.2. The highest BCUT2D eigenvalue weighted by Gasteiger charge is 2.21. The minimum atomic E-state index is -4.03. The molecule has 0 fully saturated rings. The fourth-order valence-corrected chi connectivity index (χ4v) is 3.63. The van der Waals surface area contributed by atoms with E-state index in [4.69, 9.17) is 14.2 Å². The molecule has 0 aliphatic carbocycles. The number of methoxy groups -OCH3 is 2. The summed E-state index contributed by atoms with van der Waals surface area (Å²) in [5, 5.41) is 7.29. The first-order chi connectivity index (χ1) is 17.2. The largest absolute Gasteiger partial charge is 0.481 e. The van der Waals surface area contributed by atoms with Gasteiger partial charge in [-0.2, -0.15) is 9.97 Å². The van der Waals surface area contributed by atoms with Crippen molar-refractivity contribution in [1.82, 2.24) is 20.6 Å². The van der Waals surface area contributed by atoms with Gasteiger partial charge in [-0.3, -0.25) is 14.3 Å². The molecule has 1 aromatic carbocycles. The second-order valence-electron chi connectivity index (χ2n) is 8.55. The van der Waals surface area contributed by atoms with E-state index >= 15 is 0 Å². The third-order valence-corrected chi connectivity index (χ3v) is 5.68. The van der Waals surface area contributed by atoms with Crippen LogP contribution in [0.15, 0.2) is 35.2 Å². The van der Waals surface area contributed by atoms with Crippen molar-refractivity contribution in [2.24, 2.45) is 0 Å². The molecule has 2 aromatic rings. The molecule has 4 N–H and O–H groups in total. The monoisotopic (exact) mass is 538 g/mol.